The molecule has 2 heterocycles. The Balaban J connectivity index is 1.96. The smallest absolute Gasteiger partial charge is 0.263 e. The number of likely N-dealkylation sites (N-methyl/N-ethyl adjacent to an activating group) is 1. The van der Waals surface area contributed by atoms with E-state index in [1.165, 1.54) is 11.3 Å². The molecule has 0 bridgehead atoms. The van der Waals surface area contributed by atoms with Crippen LogP contribution in [0.4, 0.5) is 0 Å². The normalized spacial score (nSPS) is 19.9. The number of ether oxygens (including phenoxy) is 1. The Kier molecular flexibility index (Phi) is 3.96. The monoisotopic (exact) mass is 239 g/mol. The Labute approximate surface area is 100 Å². The summed E-state index contributed by atoms with van der Waals surface area (Å²) < 4.78 is 5.56. The molecule has 0 spiro atoms. The Morgan fingerprint density at radius 3 is 3.12 bits per heavy atom. The van der Waals surface area contributed by atoms with E-state index in [2.05, 4.69) is 0 Å². The van der Waals surface area contributed by atoms with Gasteiger partial charge in [0.15, 0.2) is 0 Å². The highest BCUT2D eigenvalue weighted by molar-refractivity contribution is 7.12. The van der Waals surface area contributed by atoms with E-state index in [1.54, 1.807) is 0 Å². The fourth-order valence-electron chi connectivity index (χ4n) is 1.95. The van der Waals surface area contributed by atoms with Crippen molar-refractivity contribution >= 4 is 17.2 Å². The lowest BCUT2D eigenvalue weighted by atomic mass is 10.2. The minimum absolute atomic E-state index is 0.132. The molecule has 1 aromatic rings. The SMILES string of the molecule is CCN(CC1CCCO1)C(=O)c1cccs1. The zero-order chi connectivity index (χ0) is 11.4. The Hall–Kier alpha value is -0.870. The summed E-state index contributed by atoms with van der Waals surface area (Å²) in [5, 5.41) is 1.94. The van der Waals surface area contributed by atoms with Crippen molar-refractivity contribution in [2.24, 2.45) is 0 Å². The number of thiophene rings is 1. The van der Waals surface area contributed by atoms with Crippen LogP contribution in [0.3, 0.4) is 0 Å². The molecule has 1 aliphatic heterocycles. The van der Waals surface area contributed by atoms with E-state index in [-0.39, 0.29) is 12.0 Å². The standard InChI is InChI=1S/C12H17NO2S/c1-2-13(9-10-5-3-7-15-10)12(14)11-6-4-8-16-11/h4,6,8,10H,2-3,5,7,9H2,1H3. The van der Waals surface area contributed by atoms with Crippen LogP contribution in [-0.4, -0.2) is 36.6 Å². The number of rotatable bonds is 4. The number of nitrogens with zero attached hydrogens (tertiary/aromatic N) is 1. The van der Waals surface area contributed by atoms with Gasteiger partial charge in [-0.05, 0) is 31.2 Å². The molecule has 0 aromatic carbocycles. The highest BCUT2D eigenvalue weighted by atomic mass is 32.1. The third kappa shape index (κ3) is 2.62. The van der Waals surface area contributed by atoms with Gasteiger partial charge in [-0.1, -0.05) is 6.07 Å². The quantitative estimate of drug-likeness (QED) is 0.807. The van der Waals surface area contributed by atoms with Crippen LogP contribution in [-0.2, 0) is 4.74 Å². The molecule has 88 valence electrons. The van der Waals surface area contributed by atoms with Gasteiger partial charge in [0.05, 0.1) is 11.0 Å². The van der Waals surface area contributed by atoms with Crippen LogP contribution < -0.4 is 0 Å². The molecular weight excluding hydrogens is 222 g/mol. The fraction of sp³-hybridized carbons (Fsp3) is 0.583. The Morgan fingerprint density at radius 1 is 1.69 bits per heavy atom. The predicted molar refractivity (Wildman–Crippen MR) is 64.9 cm³/mol. The second kappa shape index (κ2) is 5.46. The van der Waals surface area contributed by atoms with Crippen LogP contribution in [0, 0.1) is 0 Å². The average Bonchev–Trinajstić information content (AvgIpc) is 2.97. The van der Waals surface area contributed by atoms with E-state index in [1.807, 2.05) is 29.3 Å². The van der Waals surface area contributed by atoms with E-state index in [0.29, 0.717) is 0 Å². The molecular formula is C12H17NO2S. The van der Waals surface area contributed by atoms with Gasteiger partial charge in [0, 0.05) is 19.7 Å². The van der Waals surface area contributed by atoms with Crippen molar-refractivity contribution in [1.29, 1.82) is 0 Å². The lowest BCUT2D eigenvalue weighted by molar-refractivity contribution is 0.0543. The maximum Gasteiger partial charge on any atom is 0.263 e. The zero-order valence-electron chi connectivity index (χ0n) is 9.52. The topological polar surface area (TPSA) is 29.5 Å². The summed E-state index contributed by atoms with van der Waals surface area (Å²) in [6.45, 7) is 4.33. The summed E-state index contributed by atoms with van der Waals surface area (Å²) in [5.74, 6) is 0.132. The predicted octanol–water partition coefficient (Wildman–Crippen LogP) is 2.39. The van der Waals surface area contributed by atoms with Crippen LogP contribution >= 0.6 is 11.3 Å². The lowest BCUT2D eigenvalue weighted by Gasteiger charge is -2.23. The number of carbonyl (C=O) groups excluding carboxylic acids is 1. The highest BCUT2D eigenvalue weighted by Crippen LogP contribution is 2.16. The lowest BCUT2D eigenvalue weighted by Crippen LogP contribution is -2.36. The van der Waals surface area contributed by atoms with Crippen molar-refractivity contribution < 1.29 is 9.53 Å². The van der Waals surface area contributed by atoms with Crippen LogP contribution in [0.2, 0.25) is 0 Å². The van der Waals surface area contributed by atoms with Gasteiger partial charge in [-0.2, -0.15) is 0 Å². The second-order valence-electron chi connectivity index (χ2n) is 3.96. The van der Waals surface area contributed by atoms with E-state index in [9.17, 15) is 4.79 Å². The largest absolute Gasteiger partial charge is 0.376 e. The first-order valence-electron chi connectivity index (χ1n) is 5.75. The molecule has 1 fully saturated rings. The van der Waals surface area contributed by atoms with Gasteiger partial charge in [0.25, 0.3) is 5.91 Å². The number of hydrogen-bond acceptors (Lipinski definition) is 3. The van der Waals surface area contributed by atoms with E-state index >= 15 is 0 Å². The second-order valence-corrected chi connectivity index (χ2v) is 4.90. The van der Waals surface area contributed by atoms with E-state index in [4.69, 9.17) is 4.74 Å². The molecule has 0 saturated carbocycles. The van der Waals surface area contributed by atoms with Gasteiger partial charge < -0.3 is 9.64 Å². The van der Waals surface area contributed by atoms with Gasteiger partial charge in [-0.25, -0.2) is 0 Å². The van der Waals surface area contributed by atoms with Crippen LogP contribution in [0.5, 0.6) is 0 Å². The molecule has 1 unspecified atom stereocenters. The molecule has 0 radical (unpaired) electrons. The van der Waals surface area contributed by atoms with E-state index < -0.39 is 0 Å². The Bertz CT molecular complexity index is 331. The molecule has 3 nitrogen and oxygen atoms in total. The van der Waals surface area contributed by atoms with Gasteiger partial charge >= 0.3 is 0 Å². The van der Waals surface area contributed by atoms with Gasteiger partial charge in [0.2, 0.25) is 0 Å². The summed E-state index contributed by atoms with van der Waals surface area (Å²) in [6, 6.07) is 3.79. The molecule has 1 atom stereocenters. The van der Waals surface area contributed by atoms with Crippen molar-refractivity contribution in [2.75, 3.05) is 19.7 Å². The van der Waals surface area contributed by atoms with Crippen molar-refractivity contribution in [3.63, 3.8) is 0 Å². The van der Waals surface area contributed by atoms with Crippen LogP contribution in [0.25, 0.3) is 0 Å². The fourth-order valence-corrected chi connectivity index (χ4v) is 2.64. The molecule has 2 rings (SSSR count). The Morgan fingerprint density at radius 2 is 2.56 bits per heavy atom. The van der Waals surface area contributed by atoms with Gasteiger partial charge in [0.1, 0.15) is 0 Å². The third-order valence-corrected chi connectivity index (χ3v) is 3.71. The molecule has 1 aromatic heterocycles. The van der Waals surface area contributed by atoms with Crippen molar-refractivity contribution in [1.82, 2.24) is 4.90 Å². The van der Waals surface area contributed by atoms with Crippen LogP contribution in [0.1, 0.15) is 29.4 Å². The van der Waals surface area contributed by atoms with Crippen molar-refractivity contribution in [2.45, 2.75) is 25.9 Å². The minimum atomic E-state index is 0.132. The average molecular weight is 239 g/mol. The first-order chi connectivity index (χ1) is 7.81. The molecule has 0 N–H and O–H groups in total. The summed E-state index contributed by atoms with van der Waals surface area (Å²) in [5.41, 5.74) is 0. The van der Waals surface area contributed by atoms with Crippen molar-refractivity contribution in [3.05, 3.63) is 22.4 Å². The first kappa shape index (κ1) is 11.6. The van der Waals surface area contributed by atoms with Gasteiger partial charge in [-0.3, -0.25) is 4.79 Å². The summed E-state index contributed by atoms with van der Waals surface area (Å²) >= 11 is 1.50. The zero-order valence-corrected chi connectivity index (χ0v) is 10.3. The molecule has 1 aliphatic rings. The summed E-state index contributed by atoms with van der Waals surface area (Å²) in [4.78, 5) is 14.8. The number of carbonyl (C=O) groups is 1. The molecule has 1 saturated heterocycles. The maximum absolute atomic E-state index is 12.1. The van der Waals surface area contributed by atoms with Crippen molar-refractivity contribution in [3.8, 4) is 0 Å². The molecule has 16 heavy (non-hydrogen) atoms. The van der Waals surface area contributed by atoms with Gasteiger partial charge in [-0.15, -0.1) is 11.3 Å². The summed E-state index contributed by atoms with van der Waals surface area (Å²) in [6.07, 6.45) is 2.44. The number of amides is 1. The minimum Gasteiger partial charge on any atom is -0.376 e. The van der Waals surface area contributed by atoms with E-state index in [0.717, 1.165) is 37.4 Å². The molecule has 0 aliphatic carbocycles. The maximum atomic E-state index is 12.1. The number of hydrogen-bond donors (Lipinski definition) is 0. The third-order valence-electron chi connectivity index (χ3n) is 2.85. The van der Waals surface area contributed by atoms with Crippen LogP contribution in [0.15, 0.2) is 17.5 Å². The molecule has 1 amide bonds. The summed E-state index contributed by atoms with van der Waals surface area (Å²) in [7, 11) is 0. The first-order valence-corrected chi connectivity index (χ1v) is 6.63. The molecule has 4 heteroatoms. The highest BCUT2D eigenvalue weighted by Gasteiger charge is 2.22.